The topological polar surface area (TPSA) is 26.3 Å². The van der Waals surface area contributed by atoms with E-state index in [2.05, 4.69) is 13.8 Å². The summed E-state index contributed by atoms with van der Waals surface area (Å²) in [5, 5.41) is 0. The first kappa shape index (κ1) is 15.1. The van der Waals surface area contributed by atoms with Gasteiger partial charge in [0.15, 0.2) is 5.78 Å². The molecule has 18 heavy (non-hydrogen) atoms. The van der Waals surface area contributed by atoms with Crippen LogP contribution in [0.3, 0.4) is 0 Å². The Morgan fingerprint density at radius 1 is 1.28 bits per heavy atom. The number of benzene rings is 1. The number of Topliss-reactive ketones (excluding diaryl/α,β-unsaturated/α-hetero) is 1. The molecular formula is C15H22O2S. The van der Waals surface area contributed by atoms with E-state index in [0.29, 0.717) is 5.75 Å². The first-order valence-corrected chi connectivity index (χ1v) is 7.68. The third-order valence-electron chi connectivity index (χ3n) is 2.54. The first-order chi connectivity index (χ1) is 8.69. The summed E-state index contributed by atoms with van der Waals surface area (Å²) in [6.45, 7) is 6.92. The predicted molar refractivity (Wildman–Crippen MR) is 78.9 cm³/mol. The largest absolute Gasteiger partial charge is 0.493 e. The van der Waals surface area contributed by atoms with Crippen LogP contribution in [-0.2, 0) is 0 Å². The molecule has 0 heterocycles. The van der Waals surface area contributed by atoms with Gasteiger partial charge in [0.2, 0.25) is 0 Å². The van der Waals surface area contributed by atoms with E-state index in [1.54, 1.807) is 11.8 Å². The Labute approximate surface area is 114 Å². The lowest BCUT2D eigenvalue weighted by atomic mass is 10.1. The van der Waals surface area contributed by atoms with Gasteiger partial charge in [-0.3, -0.25) is 4.79 Å². The molecule has 0 radical (unpaired) electrons. The molecule has 0 atom stereocenters. The molecule has 0 aliphatic carbocycles. The molecule has 0 aliphatic heterocycles. The first-order valence-electron chi connectivity index (χ1n) is 6.53. The molecule has 1 rings (SSSR count). The van der Waals surface area contributed by atoms with E-state index in [9.17, 15) is 4.79 Å². The average molecular weight is 266 g/mol. The van der Waals surface area contributed by atoms with Crippen molar-refractivity contribution in [1.29, 1.82) is 0 Å². The van der Waals surface area contributed by atoms with Gasteiger partial charge in [0.05, 0.1) is 12.4 Å². The van der Waals surface area contributed by atoms with Crippen LogP contribution in [0, 0.1) is 6.92 Å². The van der Waals surface area contributed by atoms with Crippen molar-refractivity contribution in [2.75, 3.05) is 18.1 Å². The van der Waals surface area contributed by atoms with Crippen molar-refractivity contribution in [3.63, 3.8) is 0 Å². The minimum Gasteiger partial charge on any atom is -0.493 e. The molecule has 1 aromatic carbocycles. The van der Waals surface area contributed by atoms with E-state index in [-0.39, 0.29) is 5.78 Å². The third kappa shape index (κ3) is 4.73. The van der Waals surface area contributed by atoms with Gasteiger partial charge in [-0.1, -0.05) is 13.8 Å². The highest BCUT2D eigenvalue weighted by Crippen LogP contribution is 2.20. The zero-order valence-corrected chi connectivity index (χ0v) is 12.3. The van der Waals surface area contributed by atoms with Crippen molar-refractivity contribution in [2.24, 2.45) is 0 Å². The Hall–Kier alpha value is -0.960. The van der Waals surface area contributed by atoms with E-state index >= 15 is 0 Å². The molecule has 0 saturated heterocycles. The van der Waals surface area contributed by atoms with Gasteiger partial charge in [-0.15, -0.1) is 0 Å². The van der Waals surface area contributed by atoms with Crippen LogP contribution in [0.5, 0.6) is 5.75 Å². The van der Waals surface area contributed by atoms with Gasteiger partial charge in [-0.05, 0) is 49.3 Å². The predicted octanol–water partition coefficient (Wildman–Crippen LogP) is 4.11. The van der Waals surface area contributed by atoms with Crippen molar-refractivity contribution in [1.82, 2.24) is 0 Å². The summed E-state index contributed by atoms with van der Waals surface area (Å²) in [6, 6.07) is 5.70. The third-order valence-corrected chi connectivity index (χ3v) is 3.70. The summed E-state index contributed by atoms with van der Waals surface area (Å²) in [6.07, 6.45) is 2.11. The maximum atomic E-state index is 11.9. The van der Waals surface area contributed by atoms with Crippen molar-refractivity contribution >= 4 is 17.5 Å². The smallest absolute Gasteiger partial charge is 0.172 e. The Morgan fingerprint density at radius 3 is 2.67 bits per heavy atom. The molecule has 0 bridgehead atoms. The zero-order chi connectivity index (χ0) is 13.4. The van der Waals surface area contributed by atoms with Crippen LogP contribution >= 0.6 is 11.8 Å². The van der Waals surface area contributed by atoms with E-state index in [1.165, 1.54) is 0 Å². The molecule has 0 saturated carbocycles. The molecule has 100 valence electrons. The number of rotatable bonds is 8. The van der Waals surface area contributed by atoms with Crippen molar-refractivity contribution in [3.05, 3.63) is 29.3 Å². The number of aryl methyl sites for hydroxylation is 1. The van der Waals surface area contributed by atoms with Gasteiger partial charge in [0.1, 0.15) is 5.75 Å². The minimum atomic E-state index is 0.207. The van der Waals surface area contributed by atoms with Gasteiger partial charge in [-0.25, -0.2) is 0 Å². The number of carbonyl (C=O) groups excluding carboxylic acids is 1. The lowest BCUT2D eigenvalue weighted by molar-refractivity contribution is 0.102. The monoisotopic (exact) mass is 266 g/mol. The number of hydrogen-bond donors (Lipinski definition) is 0. The number of carbonyl (C=O) groups is 1. The maximum absolute atomic E-state index is 11.9. The van der Waals surface area contributed by atoms with Gasteiger partial charge >= 0.3 is 0 Å². The van der Waals surface area contributed by atoms with Crippen molar-refractivity contribution < 1.29 is 9.53 Å². The molecule has 0 unspecified atom stereocenters. The highest BCUT2D eigenvalue weighted by Gasteiger charge is 2.08. The van der Waals surface area contributed by atoms with Crippen LogP contribution in [0.25, 0.3) is 0 Å². The van der Waals surface area contributed by atoms with Crippen LogP contribution < -0.4 is 4.74 Å². The SMILES string of the molecule is CCCOc1ccc(C(=O)CSCCC)cc1C. The Morgan fingerprint density at radius 2 is 2.06 bits per heavy atom. The highest BCUT2D eigenvalue weighted by molar-refractivity contribution is 7.99. The van der Waals surface area contributed by atoms with Gasteiger partial charge in [0, 0.05) is 5.56 Å². The number of ketones is 1. The molecule has 1 aromatic rings. The Bertz CT molecular complexity index is 388. The number of ether oxygens (including phenoxy) is 1. The van der Waals surface area contributed by atoms with Gasteiger partial charge in [-0.2, -0.15) is 11.8 Å². The zero-order valence-electron chi connectivity index (χ0n) is 11.5. The molecule has 0 amide bonds. The molecule has 0 aliphatic rings. The summed E-state index contributed by atoms with van der Waals surface area (Å²) in [5.74, 6) is 2.71. The summed E-state index contributed by atoms with van der Waals surface area (Å²) in [7, 11) is 0. The minimum absolute atomic E-state index is 0.207. The molecule has 2 nitrogen and oxygen atoms in total. The second-order valence-corrected chi connectivity index (χ2v) is 5.41. The van der Waals surface area contributed by atoms with E-state index < -0.39 is 0 Å². The molecule has 0 N–H and O–H groups in total. The summed E-state index contributed by atoms with van der Waals surface area (Å²) < 4.78 is 5.60. The Kier molecular flexibility index (Phi) is 6.88. The normalized spacial score (nSPS) is 10.4. The Balaban J connectivity index is 2.62. The van der Waals surface area contributed by atoms with E-state index in [0.717, 1.165) is 42.1 Å². The van der Waals surface area contributed by atoms with Crippen molar-refractivity contribution in [3.8, 4) is 5.75 Å². The number of thioether (sulfide) groups is 1. The number of hydrogen-bond acceptors (Lipinski definition) is 3. The molecule has 0 aromatic heterocycles. The highest BCUT2D eigenvalue weighted by atomic mass is 32.2. The molecule has 0 fully saturated rings. The van der Waals surface area contributed by atoms with Crippen LogP contribution in [0.15, 0.2) is 18.2 Å². The second kappa shape index (κ2) is 8.20. The molecule has 3 heteroatoms. The van der Waals surface area contributed by atoms with Crippen LogP contribution in [0.2, 0.25) is 0 Å². The van der Waals surface area contributed by atoms with Crippen molar-refractivity contribution in [2.45, 2.75) is 33.6 Å². The summed E-state index contributed by atoms with van der Waals surface area (Å²) in [5.41, 5.74) is 1.83. The van der Waals surface area contributed by atoms with Crippen LogP contribution in [-0.4, -0.2) is 23.9 Å². The average Bonchev–Trinajstić information content (AvgIpc) is 2.37. The summed E-state index contributed by atoms with van der Waals surface area (Å²) >= 11 is 1.70. The molecule has 0 spiro atoms. The molecular weight excluding hydrogens is 244 g/mol. The van der Waals surface area contributed by atoms with Crippen LogP contribution in [0.1, 0.15) is 42.6 Å². The maximum Gasteiger partial charge on any atom is 0.172 e. The lowest BCUT2D eigenvalue weighted by Gasteiger charge is -2.09. The lowest BCUT2D eigenvalue weighted by Crippen LogP contribution is -2.04. The van der Waals surface area contributed by atoms with E-state index in [1.807, 2.05) is 25.1 Å². The van der Waals surface area contributed by atoms with Gasteiger partial charge < -0.3 is 4.74 Å². The quantitative estimate of drug-likeness (QED) is 0.523. The fraction of sp³-hybridized carbons (Fsp3) is 0.533. The fourth-order valence-corrected chi connectivity index (χ4v) is 2.37. The van der Waals surface area contributed by atoms with Gasteiger partial charge in [0.25, 0.3) is 0 Å². The second-order valence-electron chi connectivity index (χ2n) is 4.30. The fourth-order valence-electron chi connectivity index (χ4n) is 1.59. The van der Waals surface area contributed by atoms with E-state index in [4.69, 9.17) is 4.74 Å². The summed E-state index contributed by atoms with van der Waals surface area (Å²) in [4.78, 5) is 11.9. The van der Waals surface area contributed by atoms with Crippen LogP contribution in [0.4, 0.5) is 0 Å². The standard InChI is InChI=1S/C15H22O2S/c1-4-8-17-15-7-6-13(10-12(15)3)14(16)11-18-9-5-2/h6-7,10H,4-5,8-9,11H2,1-3H3.